The van der Waals surface area contributed by atoms with Crippen LogP contribution in [0.25, 0.3) is 0 Å². The lowest BCUT2D eigenvalue weighted by Gasteiger charge is -2.24. The first-order valence-electron chi connectivity index (χ1n) is 9.80. The number of nitrogens with one attached hydrogen (secondary N) is 2. The standard InChI is InChI=1S/C20H30F2N4O2.HI/c1-3-23-20(24-13-18(27)25-16-7-5-4-6-8-16)26(2)14-15-9-11-17(12-10-15)28-19(21)22;/h9-12,16,19H,3-8,13-14H2,1-2H3,(H,23,24)(H,25,27);1H. The number of hydrogen-bond acceptors (Lipinski definition) is 3. The van der Waals surface area contributed by atoms with Crippen LogP contribution in [0.3, 0.4) is 0 Å². The SMILES string of the molecule is CCNC(=NCC(=O)NC1CCCCC1)N(C)Cc1ccc(OC(F)F)cc1.I. The van der Waals surface area contributed by atoms with Gasteiger partial charge in [-0.1, -0.05) is 31.4 Å². The highest BCUT2D eigenvalue weighted by Gasteiger charge is 2.16. The van der Waals surface area contributed by atoms with E-state index in [-0.39, 0.29) is 48.2 Å². The van der Waals surface area contributed by atoms with Crippen LogP contribution in [0.5, 0.6) is 5.75 Å². The van der Waals surface area contributed by atoms with Crippen LogP contribution in [0.4, 0.5) is 8.78 Å². The summed E-state index contributed by atoms with van der Waals surface area (Å²) in [5.74, 6) is 0.680. The van der Waals surface area contributed by atoms with Gasteiger partial charge in [0.05, 0.1) is 0 Å². The molecular formula is C20H31F2IN4O2. The summed E-state index contributed by atoms with van der Waals surface area (Å²) in [6.45, 7) is 0.395. The molecule has 2 N–H and O–H groups in total. The molecule has 0 heterocycles. The normalized spacial score (nSPS) is 14.9. The van der Waals surface area contributed by atoms with Crippen LogP contribution in [0.2, 0.25) is 0 Å². The molecule has 0 atom stereocenters. The lowest BCUT2D eigenvalue weighted by Crippen LogP contribution is -2.41. The Morgan fingerprint density at radius 1 is 1.24 bits per heavy atom. The molecule has 29 heavy (non-hydrogen) atoms. The second kappa shape index (κ2) is 13.6. The smallest absolute Gasteiger partial charge is 0.387 e. The van der Waals surface area contributed by atoms with E-state index in [9.17, 15) is 13.6 Å². The molecule has 1 aliphatic carbocycles. The van der Waals surface area contributed by atoms with Crippen LogP contribution < -0.4 is 15.4 Å². The maximum atomic E-state index is 12.2. The zero-order chi connectivity index (χ0) is 20.4. The number of benzene rings is 1. The fourth-order valence-corrected chi connectivity index (χ4v) is 3.26. The molecule has 0 aromatic heterocycles. The van der Waals surface area contributed by atoms with Gasteiger partial charge < -0.3 is 20.3 Å². The zero-order valence-corrected chi connectivity index (χ0v) is 19.3. The molecule has 1 aromatic carbocycles. The van der Waals surface area contributed by atoms with Crippen molar-refractivity contribution in [2.45, 2.75) is 58.2 Å². The maximum absolute atomic E-state index is 12.2. The number of alkyl halides is 2. The summed E-state index contributed by atoms with van der Waals surface area (Å²) in [5, 5.41) is 6.23. The van der Waals surface area contributed by atoms with Crippen molar-refractivity contribution in [3.05, 3.63) is 29.8 Å². The molecule has 164 valence electrons. The third-order valence-electron chi connectivity index (χ3n) is 4.61. The van der Waals surface area contributed by atoms with Gasteiger partial charge in [-0.25, -0.2) is 4.99 Å². The molecule has 6 nitrogen and oxygen atoms in total. The van der Waals surface area contributed by atoms with E-state index in [0.717, 1.165) is 18.4 Å². The Morgan fingerprint density at radius 3 is 2.48 bits per heavy atom. The average molecular weight is 524 g/mol. The molecular weight excluding hydrogens is 493 g/mol. The number of halogens is 3. The molecule has 0 spiro atoms. The van der Waals surface area contributed by atoms with E-state index in [1.807, 2.05) is 18.9 Å². The van der Waals surface area contributed by atoms with Gasteiger partial charge in [-0.05, 0) is 37.5 Å². The molecule has 9 heteroatoms. The Morgan fingerprint density at radius 2 is 1.90 bits per heavy atom. The number of nitrogens with zero attached hydrogens (tertiary/aromatic N) is 2. The summed E-state index contributed by atoms with van der Waals surface area (Å²) < 4.78 is 28.8. The summed E-state index contributed by atoms with van der Waals surface area (Å²) in [6.07, 6.45) is 5.66. The van der Waals surface area contributed by atoms with E-state index in [1.165, 1.54) is 31.4 Å². The van der Waals surface area contributed by atoms with Crippen LogP contribution >= 0.6 is 24.0 Å². The van der Waals surface area contributed by atoms with Gasteiger partial charge in [0.25, 0.3) is 0 Å². The van der Waals surface area contributed by atoms with Gasteiger partial charge in [-0.3, -0.25) is 4.79 Å². The van der Waals surface area contributed by atoms with Gasteiger partial charge >= 0.3 is 6.61 Å². The van der Waals surface area contributed by atoms with Crippen molar-refractivity contribution in [2.75, 3.05) is 20.1 Å². The van der Waals surface area contributed by atoms with Crippen molar-refractivity contribution >= 4 is 35.8 Å². The van der Waals surface area contributed by atoms with E-state index in [4.69, 9.17) is 0 Å². The Bertz CT molecular complexity index is 638. The molecule has 0 bridgehead atoms. The second-order valence-electron chi connectivity index (χ2n) is 6.95. The minimum atomic E-state index is -2.83. The van der Waals surface area contributed by atoms with Gasteiger partial charge in [0.15, 0.2) is 5.96 Å². The molecule has 1 aliphatic rings. The number of carbonyl (C=O) groups is 1. The lowest BCUT2D eigenvalue weighted by atomic mass is 9.95. The van der Waals surface area contributed by atoms with Crippen molar-refractivity contribution in [2.24, 2.45) is 4.99 Å². The Kier molecular flexibility index (Phi) is 11.9. The minimum absolute atomic E-state index is 0. The number of ether oxygens (including phenoxy) is 1. The quantitative estimate of drug-likeness (QED) is 0.309. The van der Waals surface area contributed by atoms with Crippen molar-refractivity contribution in [1.82, 2.24) is 15.5 Å². The van der Waals surface area contributed by atoms with Crippen molar-refractivity contribution < 1.29 is 18.3 Å². The molecule has 0 unspecified atom stereocenters. The number of amides is 1. The molecule has 0 aliphatic heterocycles. The fourth-order valence-electron chi connectivity index (χ4n) is 3.26. The predicted octanol–water partition coefficient (Wildman–Crippen LogP) is 3.75. The first-order chi connectivity index (χ1) is 13.5. The van der Waals surface area contributed by atoms with E-state index in [2.05, 4.69) is 20.4 Å². The van der Waals surface area contributed by atoms with Crippen LogP contribution in [0, 0.1) is 0 Å². The van der Waals surface area contributed by atoms with E-state index in [1.54, 1.807) is 12.1 Å². The topological polar surface area (TPSA) is 66.0 Å². The fraction of sp³-hybridized carbons (Fsp3) is 0.600. The van der Waals surface area contributed by atoms with E-state index < -0.39 is 6.61 Å². The van der Waals surface area contributed by atoms with E-state index in [0.29, 0.717) is 19.0 Å². The molecule has 1 aromatic rings. The Balaban J connectivity index is 0.00000420. The number of guanidine groups is 1. The predicted molar refractivity (Wildman–Crippen MR) is 121 cm³/mol. The van der Waals surface area contributed by atoms with E-state index >= 15 is 0 Å². The Hall–Kier alpha value is -1.65. The monoisotopic (exact) mass is 524 g/mol. The second-order valence-corrected chi connectivity index (χ2v) is 6.95. The van der Waals surface area contributed by atoms with Crippen LogP contribution in [0.15, 0.2) is 29.3 Å². The molecule has 1 amide bonds. The highest BCUT2D eigenvalue weighted by Crippen LogP contribution is 2.17. The third kappa shape index (κ3) is 9.60. The molecule has 1 fully saturated rings. The van der Waals surface area contributed by atoms with Gasteiger partial charge in [0.1, 0.15) is 12.3 Å². The first kappa shape index (κ1) is 25.4. The van der Waals surface area contributed by atoms with Crippen LogP contribution in [-0.2, 0) is 11.3 Å². The summed E-state index contributed by atoms with van der Waals surface area (Å²) in [5.41, 5.74) is 0.918. The summed E-state index contributed by atoms with van der Waals surface area (Å²) in [6, 6.07) is 6.75. The maximum Gasteiger partial charge on any atom is 0.387 e. The van der Waals surface area contributed by atoms with Crippen molar-refractivity contribution in [3.8, 4) is 5.75 Å². The van der Waals surface area contributed by atoms with Gasteiger partial charge in [0.2, 0.25) is 5.91 Å². The highest BCUT2D eigenvalue weighted by molar-refractivity contribution is 14.0. The molecule has 2 rings (SSSR count). The first-order valence-corrected chi connectivity index (χ1v) is 9.80. The van der Waals surface area contributed by atoms with Gasteiger partial charge in [-0.15, -0.1) is 24.0 Å². The number of aliphatic imine (C=N–C) groups is 1. The highest BCUT2D eigenvalue weighted by atomic mass is 127. The van der Waals surface area contributed by atoms with Crippen molar-refractivity contribution in [3.63, 3.8) is 0 Å². The lowest BCUT2D eigenvalue weighted by molar-refractivity contribution is -0.120. The third-order valence-corrected chi connectivity index (χ3v) is 4.61. The molecule has 0 radical (unpaired) electrons. The average Bonchev–Trinajstić information content (AvgIpc) is 2.67. The van der Waals surface area contributed by atoms with Crippen molar-refractivity contribution in [1.29, 1.82) is 0 Å². The summed E-state index contributed by atoms with van der Waals surface area (Å²) >= 11 is 0. The van der Waals surface area contributed by atoms with Gasteiger partial charge in [0, 0.05) is 26.2 Å². The number of carbonyl (C=O) groups excluding carboxylic acids is 1. The number of rotatable bonds is 8. The molecule has 0 saturated heterocycles. The number of hydrogen-bond donors (Lipinski definition) is 2. The zero-order valence-electron chi connectivity index (χ0n) is 17.0. The van der Waals surface area contributed by atoms with Crippen LogP contribution in [0.1, 0.15) is 44.6 Å². The molecule has 1 saturated carbocycles. The Labute approximate surface area is 188 Å². The van der Waals surface area contributed by atoms with Crippen LogP contribution in [-0.4, -0.2) is 49.6 Å². The minimum Gasteiger partial charge on any atom is -0.435 e. The largest absolute Gasteiger partial charge is 0.435 e. The summed E-state index contributed by atoms with van der Waals surface area (Å²) in [7, 11) is 1.87. The van der Waals surface area contributed by atoms with Gasteiger partial charge in [-0.2, -0.15) is 8.78 Å². The summed E-state index contributed by atoms with van der Waals surface area (Å²) in [4.78, 5) is 18.5.